The molecule has 3 rings (SSSR count). The van der Waals surface area contributed by atoms with Crippen molar-refractivity contribution in [3.63, 3.8) is 0 Å². The smallest absolute Gasteiger partial charge is 0.281 e. The third-order valence-corrected chi connectivity index (χ3v) is 3.70. The fourth-order valence-corrected chi connectivity index (χ4v) is 2.92. The standard InChI is InChI=1S/C13H9O4S/c14-18(15,16)13-9-5-1-3-7-11(9)17-12-8-4-2-6-10(12)13/h1-8H,(H,14,15,16). The molecule has 18 heavy (non-hydrogen) atoms. The first-order valence-corrected chi connectivity index (χ1v) is 6.72. The number of benzene rings is 2. The summed E-state index contributed by atoms with van der Waals surface area (Å²) >= 11 is 0. The summed E-state index contributed by atoms with van der Waals surface area (Å²) in [6, 6.07) is 13.4. The highest BCUT2D eigenvalue weighted by Crippen LogP contribution is 2.45. The lowest BCUT2D eigenvalue weighted by atomic mass is 10.00. The molecule has 0 saturated heterocycles. The fraction of sp³-hybridized carbons (Fsp3) is 0. The van der Waals surface area contributed by atoms with Crippen LogP contribution in [0.15, 0.2) is 48.5 Å². The van der Waals surface area contributed by atoms with E-state index in [0.717, 1.165) is 0 Å². The van der Waals surface area contributed by atoms with Crippen molar-refractivity contribution < 1.29 is 17.7 Å². The maximum absolute atomic E-state index is 11.6. The number of hydrogen-bond acceptors (Lipinski definition) is 3. The molecule has 0 atom stereocenters. The minimum absolute atomic E-state index is 0.111. The molecule has 0 fully saturated rings. The van der Waals surface area contributed by atoms with Gasteiger partial charge in [0.25, 0.3) is 10.1 Å². The SMILES string of the molecule is O=S(=O)(O)[C]1c2ccccc2Oc2ccccc21. The Morgan fingerprint density at radius 3 is 1.72 bits per heavy atom. The lowest BCUT2D eigenvalue weighted by Crippen LogP contribution is -2.19. The van der Waals surface area contributed by atoms with E-state index in [-0.39, 0.29) is 5.25 Å². The van der Waals surface area contributed by atoms with Gasteiger partial charge < -0.3 is 4.74 Å². The molecule has 0 aromatic heterocycles. The Morgan fingerprint density at radius 1 is 0.833 bits per heavy atom. The highest BCUT2D eigenvalue weighted by Gasteiger charge is 2.36. The van der Waals surface area contributed by atoms with Gasteiger partial charge in [0.1, 0.15) is 11.5 Å². The maximum atomic E-state index is 11.6. The van der Waals surface area contributed by atoms with Crippen LogP contribution in [0.5, 0.6) is 11.5 Å². The van der Waals surface area contributed by atoms with Crippen LogP contribution in [0.3, 0.4) is 0 Å². The molecule has 5 heteroatoms. The van der Waals surface area contributed by atoms with Crippen LogP contribution in [-0.2, 0) is 10.1 Å². The summed E-state index contributed by atoms with van der Waals surface area (Å²) in [4.78, 5) is 0. The van der Waals surface area contributed by atoms with E-state index in [1.807, 2.05) is 0 Å². The van der Waals surface area contributed by atoms with Gasteiger partial charge in [0.2, 0.25) is 0 Å². The minimum Gasteiger partial charge on any atom is -0.457 e. The van der Waals surface area contributed by atoms with Crippen LogP contribution in [0.4, 0.5) is 0 Å². The second-order valence-electron chi connectivity index (χ2n) is 3.90. The molecule has 1 radical (unpaired) electrons. The summed E-state index contributed by atoms with van der Waals surface area (Å²) in [7, 11) is -4.32. The monoisotopic (exact) mass is 261 g/mol. The van der Waals surface area contributed by atoms with Crippen molar-refractivity contribution in [2.75, 3.05) is 0 Å². The molecule has 0 bridgehead atoms. The van der Waals surface area contributed by atoms with Gasteiger partial charge in [-0.3, -0.25) is 4.55 Å². The van der Waals surface area contributed by atoms with E-state index in [1.54, 1.807) is 48.5 Å². The molecular weight excluding hydrogens is 252 g/mol. The van der Waals surface area contributed by atoms with Crippen molar-refractivity contribution >= 4 is 10.1 Å². The van der Waals surface area contributed by atoms with Crippen LogP contribution >= 0.6 is 0 Å². The topological polar surface area (TPSA) is 63.6 Å². The first-order valence-electron chi connectivity index (χ1n) is 5.28. The largest absolute Gasteiger partial charge is 0.457 e. The van der Waals surface area contributed by atoms with Gasteiger partial charge in [-0.1, -0.05) is 36.4 Å². The summed E-state index contributed by atoms with van der Waals surface area (Å²) in [6.45, 7) is 0. The third kappa shape index (κ3) is 1.68. The van der Waals surface area contributed by atoms with Crippen molar-refractivity contribution in [1.82, 2.24) is 0 Å². The number of para-hydroxylation sites is 2. The van der Waals surface area contributed by atoms with Crippen LogP contribution in [0, 0.1) is 5.25 Å². The van der Waals surface area contributed by atoms with Crippen molar-refractivity contribution in [2.45, 2.75) is 0 Å². The van der Waals surface area contributed by atoms with Crippen LogP contribution in [0.2, 0.25) is 0 Å². The lowest BCUT2D eigenvalue weighted by molar-refractivity contribution is 0.456. The second-order valence-corrected chi connectivity index (χ2v) is 5.26. The average Bonchev–Trinajstić information content (AvgIpc) is 2.34. The molecule has 4 nitrogen and oxygen atoms in total. The highest BCUT2D eigenvalue weighted by atomic mass is 32.2. The summed E-state index contributed by atoms with van der Waals surface area (Å²) in [5, 5.41) is -0.111. The molecule has 0 unspecified atom stereocenters. The molecular formula is C13H9O4S. The Bertz CT molecular complexity index is 661. The number of ether oxygens (including phenoxy) is 1. The van der Waals surface area contributed by atoms with Gasteiger partial charge in [0, 0.05) is 11.1 Å². The van der Waals surface area contributed by atoms with E-state index in [9.17, 15) is 13.0 Å². The van der Waals surface area contributed by atoms with Crippen LogP contribution < -0.4 is 4.74 Å². The van der Waals surface area contributed by atoms with Gasteiger partial charge in [-0.15, -0.1) is 0 Å². The molecule has 91 valence electrons. The Kier molecular flexibility index (Phi) is 2.39. The summed E-state index contributed by atoms with van der Waals surface area (Å²) < 4.78 is 38.2. The van der Waals surface area contributed by atoms with E-state index in [1.165, 1.54) is 0 Å². The lowest BCUT2D eigenvalue weighted by Gasteiger charge is -2.25. The molecule has 1 aliphatic heterocycles. The molecule has 1 aliphatic rings. The quantitative estimate of drug-likeness (QED) is 0.801. The van der Waals surface area contributed by atoms with E-state index in [2.05, 4.69) is 0 Å². The normalized spacial score (nSPS) is 14.5. The van der Waals surface area contributed by atoms with Crippen LogP contribution in [-0.4, -0.2) is 13.0 Å². The number of hydrogen-bond donors (Lipinski definition) is 1. The number of rotatable bonds is 1. The van der Waals surface area contributed by atoms with Crippen LogP contribution in [0.25, 0.3) is 0 Å². The third-order valence-electron chi connectivity index (χ3n) is 2.74. The van der Waals surface area contributed by atoms with Gasteiger partial charge in [-0.05, 0) is 12.1 Å². The Labute approximate surface area is 105 Å². The molecule has 1 heterocycles. The van der Waals surface area contributed by atoms with Crippen molar-refractivity contribution in [3.8, 4) is 11.5 Å². The zero-order chi connectivity index (χ0) is 12.8. The molecule has 1 N–H and O–H groups in total. The van der Waals surface area contributed by atoms with Gasteiger partial charge in [-0.2, -0.15) is 8.42 Å². The molecule has 0 aliphatic carbocycles. The second kappa shape index (κ2) is 3.83. The zero-order valence-corrected chi connectivity index (χ0v) is 10.0. The Hall–Kier alpha value is -1.85. The van der Waals surface area contributed by atoms with E-state index < -0.39 is 10.1 Å². The summed E-state index contributed by atoms with van der Waals surface area (Å²) in [5.74, 6) is 0.840. The first-order chi connectivity index (χ1) is 8.57. The summed E-state index contributed by atoms with van der Waals surface area (Å²) in [6.07, 6.45) is 0. The van der Waals surface area contributed by atoms with E-state index in [0.29, 0.717) is 22.6 Å². The van der Waals surface area contributed by atoms with Crippen LogP contribution in [0.1, 0.15) is 11.1 Å². The average molecular weight is 261 g/mol. The molecule has 2 aromatic rings. The highest BCUT2D eigenvalue weighted by molar-refractivity contribution is 7.89. The fourth-order valence-electron chi connectivity index (χ4n) is 2.03. The van der Waals surface area contributed by atoms with Gasteiger partial charge >= 0.3 is 0 Å². The van der Waals surface area contributed by atoms with E-state index in [4.69, 9.17) is 4.74 Å². The van der Waals surface area contributed by atoms with Gasteiger partial charge in [0.05, 0.1) is 0 Å². The summed E-state index contributed by atoms with van der Waals surface area (Å²) in [5.41, 5.74) is 0.748. The molecule has 2 aromatic carbocycles. The maximum Gasteiger partial charge on any atom is 0.281 e. The van der Waals surface area contributed by atoms with Crippen molar-refractivity contribution in [1.29, 1.82) is 0 Å². The van der Waals surface area contributed by atoms with E-state index >= 15 is 0 Å². The van der Waals surface area contributed by atoms with Crippen molar-refractivity contribution in [3.05, 3.63) is 64.9 Å². The molecule has 0 amide bonds. The van der Waals surface area contributed by atoms with Gasteiger partial charge in [-0.25, -0.2) is 0 Å². The molecule has 0 saturated carbocycles. The van der Waals surface area contributed by atoms with Crippen molar-refractivity contribution in [2.24, 2.45) is 0 Å². The first kappa shape index (κ1) is 11.3. The predicted molar refractivity (Wildman–Crippen MR) is 66.0 cm³/mol. The Balaban J connectivity index is 2.31. The predicted octanol–water partition coefficient (Wildman–Crippen LogP) is 2.61. The number of fused-ring (bicyclic) bond motifs is 2. The Morgan fingerprint density at radius 2 is 1.28 bits per heavy atom. The van der Waals surface area contributed by atoms with Gasteiger partial charge in [0.15, 0.2) is 5.25 Å². The molecule has 0 spiro atoms. The zero-order valence-electron chi connectivity index (χ0n) is 9.20. The minimum atomic E-state index is -4.32.